The summed E-state index contributed by atoms with van der Waals surface area (Å²) in [5.74, 6) is -0.158. The minimum atomic E-state index is -0.441. The minimum Gasteiger partial charge on any atom is -0.348 e. The Hall–Kier alpha value is -1.88. The molecule has 1 aliphatic rings. The molecule has 5 nitrogen and oxygen atoms in total. The van der Waals surface area contributed by atoms with Gasteiger partial charge in [-0.05, 0) is 12.5 Å². The van der Waals surface area contributed by atoms with Crippen LogP contribution in [-0.2, 0) is 9.59 Å². The minimum absolute atomic E-state index is 0.0519. The lowest BCUT2D eigenvalue weighted by molar-refractivity contribution is -0.128. The highest BCUT2D eigenvalue weighted by molar-refractivity contribution is 6.03. The van der Waals surface area contributed by atoms with Crippen LogP contribution in [0.15, 0.2) is 18.2 Å². The maximum atomic E-state index is 11.9. The molecule has 2 amide bonds. The van der Waals surface area contributed by atoms with E-state index in [0.717, 1.165) is 16.8 Å². The van der Waals surface area contributed by atoms with E-state index in [1.807, 2.05) is 25.1 Å². The fourth-order valence-electron chi connectivity index (χ4n) is 1.99. The number of benzene rings is 1. The molecule has 1 aromatic carbocycles. The molecule has 1 atom stereocenters. The summed E-state index contributed by atoms with van der Waals surface area (Å²) in [7, 11) is 3.38. The number of fused-ring (bicyclic) bond motifs is 1. The van der Waals surface area contributed by atoms with E-state index in [1.165, 1.54) is 4.90 Å². The fourth-order valence-corrected chi connectivity index (χ4v) is 1.99. The van der Waals surface area contributed by atoms with E-state index in [2.05, 4.69) is 10.6 Å². The van der Waals surface area contributed by atoms with E-state index in [9.17, 15) is 9.59 Å². The summed E-state index contributed by atoms with van der Waals surface area (Å²) in [4.78, 5) is 24.9. The van der Waals surface area contributed by atoms with Crippen LogP contribution in [0.2, 0.25) is 0 Å². The Balaban J connectivity index is 2.14. The number of aryl methyl sites for hydroxylation is 1. The maximum Gasteiger partial charge on any atom is 0.246 e. The van der Waals surface area contributed by atoms with Crippen molar-refractivity contribution in [3.63, 3.8) is 0 Å². The van der Waals surface area contributed by atoms with Gasteiger partial charge in [0.1, 0.15) is 6.04 Å². The topological polar surface area (TPSA) is 61.4 Å². The molecule has 0 fully saturated rings. The Morgan fingerprint density at radius 1 is 1.44 bits per heavy atom. The van der Waals surface area contributed by atoms with Crippen LogP contribution < -0.4 is 10.6 Å². The molecular weight excluding hydrogens is 230 g/mol. The third-order valence-electron chi connectivity index (χ3n) is 3.08. The highest BCUT2D eigenvalue weighted by Gasteiger charge is 2.31. The summed E-state index contributed by atoms with van der Waals surface area (Å²) in [5, 5.41) is 5.84. The lowest BCUT2D eigenvalue weighted by Crippen LogP contribution is -2.37. The van der Waals surface area contributed by atoms with Crippen molar-refractivity contribution in [3.8, 4) is 0 Å². The Kier molecular flexibility index (Phi) is 3.34. The van der Waals surface area contributed by atoms with Gasteiger partial charge in [0.2, 0.25) is 11.8 Å². The van der Waals surface area contributed by atoms with Crippen molar-refractivity contribution >= 4 is 17.5 Å². The number of likely N-dealkylation sites (N-methyl/N-ethyl adjacent to an activating group) is 1. The smallest absolute Gasteiger partial charge is 0.246 e. The number of hydrogen-bond donors (Lipinski definition) is 2. The number of hydrogen-bond acceptors (Lipinski definition) is 3. The molecule has 1 heterocycles. The summed E-state index contributed by atoms with van der Waals surface area (Å²) in [6.45, 7) is 2.10. The molecule has 5 heteroatoms. The van der Waals surface area contributed by atoms with Crippen LogP contribution in [0.1, 0.15) is 17.2 Å². The van der Waals surface area contributed by atoms with Gasteiger partial charge in [0.15, 0.2) is 0 Å². The average molecular weight is 247 g/mol. The zero-order chi connectivity index (χ0) is 13.3. The summed E-state index contributed by atoms with van der Waals surface area (Å²) < 4.78 is 0. The predicted molar refractivity (Wildman–Crippen MR) is 69.2 cm³/mol. The van der Waals surface area contributed by atoms with Gasteiger partial charge in [-0.15, -0.1) is 0 Å². The Morgan fingerprint density at radius 3 is 2.83 bits per heavy atom. The normalized spacial score (nSPS) is 17.3. The fraction of sp³-hybridized carbons (Fsp3) is 0.385. The van der Waals surface area contributed by atoms with E-state index in [0.29, 0.717) is 0 Å². The molecule has 1 aliphatic heterocycles. The van der Waals surface area contributed by atoms with Gasteiger partial charge in [0.25, 0.3) is 0 Å². The van der Waals surface area contributed by atoms with Gasteiger partial charge in [0, 0.05) is 25.3 Å². The van der Waals surface area contributed by atoms with Gasteiger partial charge in [-0.1, -0.05) is 18.2 Å². The van der Waals surface area contributed by atoms with Gasteiger partial charge in [-0.2, -0.15) is 0 Å². The monoisotopic (exact) mass is 247 g/mol. The van der Waals surface area contributed by atoms with Crippen LogP contribution >= 0.6 is 0 Å². The maximum absolute atomic E-state index is 11.9. The molecule has 18 heavy (non-hydrogen) atoms. The van der Waals surface area contributed by atoms with Gasteiger partial charge < -0.3 is 10.2 Å². The van der Waals surface area contributed by atoms with E-state index in [1.54, 1.807) is 14.1 Å². The molecule has 1 aromatic rings. The quantitative estimate of drug-likeness (QED) is 0.825. The number of carbonyl (C=O) groups excluding carboxylic acids is 2. The second kappa shape index (κ2) is 4.78. The lowest BCUT2D eigenvalue weighted by Gasteiger charge is -2.14. The van der Waals surface area contributed by atoms with E-state index in [4.69, 9.17) is 0 Å². The van der Waals surface area contributed by atoms with Crippen LogP contribution in [0.4, 0.5) is 5.69 Å². The molecule has 1 unspecified atom stereocenters. The number of amides is 2. The first-order valence-electron chi connectivity index (χ1n) is 5.84. The van der Waals surface area contributed by atoms with Crippen molar-refractivity contribution in [2.75, 3.05) is 26.0 Å². The molecule has 0 spiro atoms. The number of rotatable bonds is 3. The van der Waals surface area contributed by atoms with Crippen LogP contribution in [-0.4, -0.2) is 37.4 Å². The molecular formula is C13H17N3O2. The van der Waals surface area contributed by atoms with Gasteiger partial charge in [-0.3, -0.25) is 14.9 Å². The van der Waals surface area contributed by atoms with Crippen LogP contribution in [0, 0.1) is 6.92 Å². The van der Waals surface area contributed by atoms with Crippen molar-refractivity contribution in [1.29, 1.82) is 0 Å². The highest BCUT2D eigenvalue weighted by Crippen LogP contribution is 2.32. The summed E-state index contributed by atoms with van der Waals surface area (Å²) in [6, 6.07) is 5.32. The number of nitrogens with one attached hydrogen (secondary N) is 2. The van der Waals surface area contributed by atoms with Crippen molar-refractivity contribution in [2.24, 2.45) is 0 Å². The zero-order valence-electron chi connectivity index (χ0n) is 10.8. The van der Waals surface area contributed by atoms with E-state index >= 15 is 0 Å². The first kappa shape index (κ1) is 12.6. The van der Waals surface area contributed by atoms with Crippen LogP contribution in [0.5, 0.6) is 0 Å². The second-order valence-electron chi connectivity index (χ2n) is 4.63. The first-order chi connectivity index (χ1) is 8.50. The van der Waals surface area contributed by atoms with Crippen molar-refractivity contribution < 1.29 is 9.59 Å². The van der Waals surface area contributed by atoms with Crippen LogP contribution in [0.25, 0.3) is 0 Å². The van der Waals surface area contributed by atoms with Gasteiger partial charge in [0.05, 0.1) is 6.54 Å². The molecule has 0 aromatic heterocycles. The van der Waals surface area contributed by atoms with Crippen LogP contribution in [0.3, 0.4) is 0 Å². The van der Waals surface area contributed by atoms with E-state index < -0.39 is 6.04 Å². The molecule has 2 N–H and O–H groups in total. The summed E-state index contributed by atoms with van der Waals surface area (Å²) in [5.41, 5.74) is 2.80. The zero-order valence-corrected chi connectivity index (χ0v) is 10.8. The molecule has 2 rings (SSSR count). The third-order valence-corrected chi connectivity index (χ3v) is 3.08. The summed E-state index contributed by atoms with van der Waals surface area (Å²) in [6.07, 6.45) is 0. The molecule has 0 aliphatic carbocycles. The molecule has 0 bridgehead atoms. The Morgan fingerprint density at radius 2 is 2.17 bits per heavy atom. The molecule has 0 saturated carbocycles. The lowest BCUT2D eigenvalue weighted by atomic mass is 10.1. The van der Waals surface area contributed by atoms with Crippen molar-refractivity contribution in [2.45, 2.75) is 13.0 Å². The molecule has 0 radical (unpaired) electrons. The highest BCUT2D eigenvalue weighted by atomic mass is 16.2. The standard InChI is InChI=1S/C13H17N3O2/c1-8-5-4-6-9-11(8)15-13(18)12(9)14-7-10(17)16(2)3/h4-6,12,14H,7H2,1-3H3,(H,15,18). The van der Waals surface area contributed by atoms with Gasteiger partial charge >= 0.3 is 0 Å². The second-order valence-corrected chi connectivity index (χ2v) is 4.63. The largest absolute Gasteiger partial charge is 0.348 e. The Labute approximate surface area is 106 Å². The molecule has 96 valence electrons. The van der Waals surface area contributed by atoms with E-state index in [-0.39, 0.29) is 18.4 Å². The summed E-state index contributed by atoms with van der Waals surface area (Å²) >= 11 is 0. The predicted octanol–water partition coefficient (Wildman–Crippen LogP) is 0.666. The average Bonchev–Trinajstić information content (AvgIpc) is 2.64. The first-order valence-corrected chi connectivity index (χ1v) is 5.84. The SMILES string of the molecule is Cc1cccc2c1NC(=O)C2NCC(=O)N(C)C. The molecule has 0 saturated heterocycles. The van der Waals surface area contributed by atoms with Crippen molar-refractivity contribution in [1.82, 2.24) is 10.2 Å². The Bertz CT molecular complexity index is 497. The number of nitrogens with zero attached hydrogens (tertiary/aromatic N) is 1. The van der Waals surface area contributed by atoms with Crippen molar-refractivity contribution in [3.05, 3.63) is 29.3 Å². The number of para-hydroxylation sites is 1. The van der Waals surface area contributed by atoms with Gasteiger partial charge in [-0.25, -0.2) is 0 Å². The number of anilines is 1. The third kappa shape index (κ3) is 2.22. The number of carbonyl (C=O) groups is 2.